The molecule has 1 amide bonds. The first-order chi connectivity index (χ1) is 14.0. The first kappa shape index (κ1) is 19.3. The highest BCUT2D eigenvalue weighted by Crippen LogP contribution is 2.32. The molecule has 2 heterocycles. The molecule has 146 valence electrons. The molecule has 0 radical (unpaired) electrons. The second kappa shape index (κ2) is 8.13. The van der Waals surface area contributed by atoms with E-state index in [0.717, 1.165) is 32.0 Å². The zero-order chi connectivity index (χ0) is 20.4. The van der Waals surface area contributed by atoms with E-state index >= 15 is 0 Å². The lowest BCUT2D eigenvalue weighted by atomic mass is 10.1. The number of rotatable bonds is 5. The van der Waals surface area contributed by atoms with Gasteiger partial charge in [0.2, 0.25) is 5.91 Å². The van der Waals surface area contributed by atoms with E-state index in [-0.39, 0.29) is 5.91 Å². The van der Waals surface area contributed by atoms with Crippen molar-refractivity contribution in [2.75, 3.05) is 4.90 Å². The van der Waals surface area contributed by atoms with E-state index in [1.807, 2.05) is 43.3 Å². The second-order valence-corrected chi connectivity index (χ2v) is 8.44. The van der Waals surface area contributed by atoms with Crippen LogP contribution in [-0.2, 0) is 17.8 Å². The molecule has 0 aliphatic carbocycles. The molecule has 0 saturated carbocycles. The Kier molecular flexibility index (Phi) is 5.41. The molecule has 4 nitrogen and oxygen atoms in total. The van der Waals surface area contributed by atoms with Crippen LogP contribution in [0.3, 0.4) is 0 Å². The highest BCUT2D eigenvalue weighted by atomic mass is 32.1. The molecule has 0 spiro atoms. The summed E-state index contributed by atoms with van der Waals surface area (Å²) in [6, 6.07) is 16.3. The van der Waals surface area contributed by atoms with Gasteiger partial charge in [0.05, 0.1) is 23.2 Å². The van der Waals surface area contributed by atoms with Gasteiger partial charge < -0.3 is 0 Å². The minimum atomic E-state index is 0.0335. The number of pyridine rings is 1. The number of carbonyl (C=O) groups is 1. The fourth-order valence-electron chi connectivity index (χ4n) is 3.39. The number of hydrogen-bond donors (Lipinski definition) is 0. The summed E-state index contributed by atoms with van der Waals surface area (Å²) in [5.41, 5.74) is 6.48. The molecular formula is C24H23N3OS. The van der Waals surface area contributed by atoms with E-state index in [2.05, 4.69) is 31.0 Å². The first-order valence-corrected chi connectivity index (χ1v) is 10.4. The maximum Gasteiger partial charge on any atom is 0.233 e. The van der Waals surface area contributed by atoms with Gasteiger partial charge in [0.25, 0.3) is 0 Å². The monoisotopic (exact) mass is 401 g/mol. The maximum atomic E-state index is 13.3. The van der Waals surface area contributed by atoms with Crippen molar-refractivity contribution in [3.63, 3.8) is 0 Å². The Morgan fingerprint density at radius 2 is 1.79 bits per heavy atom. The molecule has 4 rings (SSSR count). The SMILES string of the molecule is Cc1ccc(CC(=O)N(Cc2cccnc2)c2nc3c(C)cc(C)cc3s2)cc1. The first-order valence-electron chi connectivity index (χ1n) is 9.62. The third-order valence-electron chi connectivity index (χ3n) is 4.89. The van der Waals surface area contributed by atoms with Crippen molar-refractivity contribution in [3.05, 3.63) is 88.7 Å². The number of carbonyl (C=O) groups excluding carboxylic acids is 1. The molecule has 0 aliphatic heterocycles. The average molecular weight is 402 g/mol. The highest BCUT2D eigenvalue weighted by molar-refractivity contribution is 7.22. The van der Waals surface area contributed by atoms with Crippen LogP contribution in [0.4, 0.5) is 5.13 Å². The Morgan fingerprint density at radius 3 is 2.52 bits per heavy atom. The van der Waals surface area contributed by atoms with Gasteiger partial charge in [-0.25, -0.2) is 4.98 Å². The van der Waals surface area contributed by atoms with Crippen LogP contribution in [0.1, 0.15) is 27.8 Å². The Morgan fingerprint density at radius 1 is 1.00 bits per heavy atom. The van der Waals surface area contributed by atoms with Gasteiger partial charge in [0, 0.05) is 12.4 Å². The van der Waals surface area contributed by atoms with Gasteiger partial charge in [-0.15, -0.1) is 0 Å². The summed E-state index contributed by atoms with van der Waals surface area (Å²) in [5, 5.41) is 0.731. The van der Waals surface area contributed by atoms with Crippen molar-refractivity contribution in [2.24, 2.45) is 0 Å². The predicted molar refractivity (Wildman–Crippen MR) is 119 cm³/mol. The van der Waals surface area contributed by atoms with E-state index in [0.29, 0.717) is 13.0 Å². The molecule has 0 fully saturated rings. The van der Waals surface area contributed by atoms with Gasteiger partial charge in [-0.3, -0.25) is 14.7 Å². The van der Waals surface area contributed by atoms with Crippen LogP contribution in [-0.4, -0.2) is 15.9 Å². The van der Waals surface area contributed by atoms with Crippen molar-refractivity contribution in [2.45, 2.75) is 33.7 Å². The highest BCUT2D eigenvalue weighted by Gasteiger charge is 2.21. The molecule has 0 unspecified atom stereocenters. The quantitative estimate of drug-likeness (QED) is 0.450. The van der Waals surface area contributed by atoms with Gasteiger partial charge in [0.15, 0.2) is 5.13 Å². The number of nitrogens with zero attached hydrogens (tertiary/aromatic N) is 3. The van der Waals surface area contributed by atoms with E-state index in [1.54, 1.807) is 28.6 Å². The predicted octanol–water partition coefficient (Wildman–Crippen LogP) is 5.39. The minimum absolute atomic E-state index is 0.0335. The lowest BCUT2D eigenvalue weighted by Crippen LogP contribution is -2.31. The van der Waals surface area contributed by atoms with Gasteiger partial charge in [-0.1, -0.05) is 53.3 Å². The van der Waals surface area contributed by atoms with Crippen molar-refractivity contribution in [1.29, 1.82) is 0 Å². The standard InChI is InChI=1S/C24H23N3OS/c1-16-6-8-19(9-7-16)13-22(28)27(15-20-5-4-10-25-14-20)24-26-23-18(3)11-17(2)12-21(23)29-24/h4-12,14H,13,15H2,1-3H3. The topological polar surface area (TPSA) is 46.1 Å². The number of fused-ring (bicyclic) bond motifs is 1. The molecule has 0 atom stereocenters. The molecule has 4 aromatic rings. The summed E-state index contributed by atoms with van der Waals surface area (Å²) in [5.74, 6) is 0.0335. The number of hydrogen-bond acceptors (Lipinski definition) is 4. The van der Waals surface area contributed by atoms with Crippen LogP contribution < -0.4 is 4.90 Å². The number of benzene rings is 2. The fourth-order valence-corrected chi connectivity index (χ4v) is 4.55. The Hall–Kier alpha value is -3.05. The molecule has 2 aromatic heterocycles. The number of amides is 1. The summed E-state index contributed by atoms with van der Waals surface area (Å²) < 4.78 is 1.11. The molecular weight excluding hydrogens is 378 g/mol. The van der Waals surface area contributed by atoms with Crippen LogP contribution in [0.5, 0.6) is 0 Å². The summed E-state index contributed by atoms with van der Waals surface area (Å²) in [6.45, 7) is 6.66. The lowest BCUT2D eigenvalue weighted by molar-refractivity contribution is -0.118. The van der Waals surface area contributed by atoms with E-state index in [9.17, 15) is 4.79 Å². The van der Waals surface area contributed by atoms with Crippen LogP contribution in [0, 0.1) is 20.8 Å². The van der Waals surface area contributed by atoms with Crippen molar-refractivity contribution < 1.29 is 4.79 Å². The summed E-state index contributed by atoms with van der Waals surface area (Å²) in [7, 11) is 0. The molecule has 0 aliphatic rings. The third-order valence-corrected chi connectivity index (χ3v) is 5.92. The van der Waals surface area contributed by atoms with Gasteiger partial charge in [-0.2, -0.15) is 0 Å². The summed E-state index contributed by atoms with van der Waals surface area (Å²) >= 11 is 1.57. The number of aromatic nitrogens is 2. The number of thiazole rings is 1. The Balaban J connectivity index is 1.70. The van der Waals surface area contributed by atoms with Crippen LogP contribution >= 0.6 is 11.3 Å². The zero-order valence-corrected chi connectivity index (χ0v) is 17.7. The third kappa shape index (κ3) is 4.35. The minimum Gasteiger partial charge on any atom is -0.283 e. The summed E-state index contributed by atoms with van der Waals surface area (Å²) in [4.78, 5) is 24.1. The summed E-state index contributed by atoms with van der Waals surface area (Å²) in [6.07, 6.45) is 3.88. The van der Waals surface area contributed by atoms with E-state index in [1.165, 1.54) is 11.1 Å². The van der Waals surface area contributed by atoms with Crippen molar-refractivity contribution in [1.82, 2.24) is 9.97 Å². The Bertz CT molecular complexity index is 1150. The molecule has 5 heteroatoms. The van der Waals surface area contributed by atoms with Crippen LogP contribution in [0.15, 0.2) is 60.9 Å². The van der Waals surface area contributed by atoms with E-state index < -0.39 is 0 Å². The normalized spacial score (nSPS) is 11.0. The molecule has 0 bridgehead atoms. The van der Waals surface area contributed by atoms with Crippen LogP contribution in [0.25, 0.3) is 10.2 Å². The van der Waals surface area contributed by atoms with Gasteiger partial charge >= 0.3 is 0 Å². The molecule has 0 N–H and O–H groups in total. The van der Waals surface area contributed by atoms with Gasteiger partial charge in [0.1, 0.15) is 0 Å². The average Bonchev–Trinajstić information content (AvgIpc) is 3.12. The number of aryl methyl sites for hydroxylation is 3. The van der Waals surface area contributed by atoms with Gasteiger partial charge in [-0.05, 0) is 55.2 Å². The lowest BCUT2D eigenvalue weighted by Gasteiger charge is -2.20. The van der Waals surface area contributed by atoms with Crippen LogP contribution in [0.2, 0.25) is 0 Å². The largest absolute Gasteiger partial charge is 0.283 e. The smallest absolute Gasteiger partial charge is 0.233 e. The Labute approximate surface area is 174 Å². The fraction of sp³-hybridized carbons (Fsp3) is 0.208. The molecule has 2 aromatic carbocycles. The van der Waals surface area contributed by atoms with Crippen molar-refractivity contribution >= 4 is 32.6 Å². The second-order valence-electron chi connectivity index (χ2n) is 7.43. The molecule has 0 saturated heterocycles. The maximum absolute atomic E-state index is 13.3. The number of anilines is 1. The van der Waals surface area contributed by atoms with E-state index in [4.69, 9.17) is 4.98 Å². The molecule has 29 heavy (non-hydrogen) atoms. The zero-order valence-electron chi connectivity index (χ0n) is 16.8. The van der Waals surface area contributed by atoms with Crippen molar-refractivity contribution in [3.8, 4) is 0 Å².